The van der Waals surface area contributed by atoms with Gasteiger partial charge in [0.05, 0.1) is 13.2 Å². The fourth-order valence-corrected chi connectivity index (χ4v) is 5.23. The van der Waals surface area contributed by atoms with Gasteiger partial charge in [-0.1, -0.05) is 29.8 Å². The molecule has 1 saturated heterocycles. The van der Waals surface area contributed by atoms with Crippen molar-refractivity contribution >= 4 is 46.2 Å². The molecule has 174 valence electrons. The van der Waals surface area contributed by atoms with Crippen LogP contribution in [0.1, 0.15) is 18.5 Å². The van der Waals surface area contributed by atoms with E-state index in [0.717, 1.165) is 5.56 Å². The lowest BCUT2D eigenvalue weighted by Gasteiger charge is -2.56. The highest BCUT2D eigenvalue weighted by molar-refractivity contribution is 7.80. The Morgan fingerprint density at radius 3 is 2.65 bits per heavy atom. The predicted molar refractivity (Wildman–Crippen MR) is 133 cm³/mol. The minimum Gasteiger partial charge on any atom is -0.493 e. The fourth-order valence-electron chi connectivity index (χ4n) is 4.69. The summed E-state index contributed by atoms with van der Waals surface area (Å²) in [6, 6.07) is 17.8. The van der Waals surface area contributed by atoms with E-state index in [0.29, 0.717) is 33.0 Å². The maximum atomic E-state index is 14.2. The van der Waals surface area contributed by atoms with Crippen molar-refractivity contribution < 1.29 is 18.7 Å². The second-order valence-corrected chi connectivity index (χ2v) is 9.07. The summed E-state index contributed by atoms with van der Waals surface area (Å²) < 4.78 is 26.3. The minimum absolute atomic E-state index is 0.292. The highest BCUT2D eigenvalue weighted by atomic mass is 35.5. The zero-order valence-electron chi connectivity index (χ0n) is 18.3. The largest absolute Gasteiger partial charge is 0.493 e. The number of anilines is 2. The van der Waals surface area contributed by atoms with Crippen molar-refractivity contribution in [1.29, 1.82) is 0 Å². The maximum absolute atomic E-state index is 14.2. The van der Waals surface area contributed by atoms with Gasteiger partial charge in [-0.3, -0.25) is 9.69 Å². The molecule has 5 rings (SSSR count). The Bertz CT molecular complexity index is 1290. The van der Waals surface area contributed by atoms with Gasteiger partial charge in [-0.05, 0) is 67.7 Å². The van der Waals surface area contributed by atoms with Crippen molar-refractivity contribution in [3.8, 4) is 11.5 Å². The highest BCUT2D eigenvalue weighted by Crippen LogP contribution is 2.52. The molecule has 1 fully saturated rings. The van der Waals surface area contributed by atoms with Crippen molar-refractivity contribution in [3.63, 3.8) is 0 Å². The number of thiocarbonyl (C=S) groups is 1. The molecule has 3 aromatic carbocycles. The number of para-hydroxylation sites is 1. The summed E-state index contributed by atoms with van der Waals surface area (Å²) in [5, 5.41) is 7.13. The van der Waals surface area contributed by atoms with Gasteiger partial charge in [-0.25, -0.2) is 4.39 Å². The first kappa shape index (κ1) is 22.4. The van der Waals surface area contributed by atoms with Crippen LogP contribution in [-0.2, 0) is 4.79 Å². The summed E-state index contributed by atoms with van der Waals surface area (Å²) in [5.41, 5.74) is 0.502. The predicted octanol–water partition coefficient (Wildman–Crippen LogP) is 5.29. The molecule has 2 bridgehead atoms. The zero-order chi connectivity index (χ0) is 24.0. The molecule has 2 aliphatic heterocycles. The van der Waals surface area contributed by atoms with E-state index in [1.165, 1.54) is 12.1 Å². The average Bonchev–Trinajstić information content (AvgIpc) is 2.79. The van der Waals surface area contributed by atoms with Crippen molar-refractivity contribution in [2.24, 2.45) is 5.92 Å². The Labute approximate surface area is 206 Å². The topological polar surface area (TPSA) is 62.8 Å². The summed E-state index contributed by atoms with van der Waals surface area (Å²) in [4.78, 5) is 15.4. The quantitative estimate of drug-likeness (QED) is 0.478. The second-order valence-electron chi connectivity index (χ2n) is 8.25. The number of ether oxygens (including phenoxy) is 2. The fraction of sp³-hybridized carbons (Fsp3) is 0.200. The molecule has 6 nitrogen and oxygen atoms in total. The molecule has 3 aromatic rings. The average molecular weight is 498 g/mol. The van der Waals surface area contributed by atoms with Crippen LogP contribution in [-0.4, -0.2) is 23.9 Å². The van der Waals surface area contributed by atoms with Gasteiger partial charge in [-0.15, -0.1) is 0 Å². The second kappa shape index (κ2) is 8.45. The van der Waals surface area contributed by atoms with Crippen molar-refractivity contribution in [1.82, 2.24) is 5.32 Å². The third-order valence-electron chi connectivity index (χ3n) is 6.17. The van der Waals surface area contributed by atoms with E-state index in [9.17, 15) is 9.18 Å². The van der Waals surface area contributed by atoms with Crippen molar-refractivity contribution in [2.75, 3.05) is 17.3 Å². The van der Waals surface area contributed by atoms with Crippen LogP contribution in [0.3, 0.4) is 0 Å². The van der Waals surface area contributed by atoms with Crippen LogP contribution in [0.25, 0.3) is 0 Å². The molecule has 2 aliphatic rings. The normalized spacial score (nSPS) is 22.8. The monoisotopic (exact) mass is 497 g/mol. The Morgan fingerprint density at radius 1 is 1.21 bits per heavy atom. The van der Waals surface area contributed by atoms with Crippen LogP contribution in [0.2, 0.25) is 5.02 Å². The molecule has 2 N–H and O–H groups in total. The number of nitrogens with one attached hydrogen (secondary N) is 2. The van der Waals surface area contributed by atoms with Crippen LogP contribution in [0.5, 0.6) is 11.5 Å². The Balaban J connectivity index is 1.65. The Kier molecular flexibility index (Phi) is 5.58. The van der Waals surface area contributed by atoms with Crippen LogP contribution in [0.15, 0.2) is 66.7 Å². The molecule has 9 heteroatoms. The van der Waals surface area contributed by atoms with Gasteiger partial charge in [0.25, 0.3) is 0 Å². The molecule has 34 heavy (non-hydrogen) atoms. The summed E-state index contributed by atoms with van der Waals surface area (Å²) >= 11 is 11.7. The first-order chi connectivity index (χ1) is 16.3. The van der Waals surface area contributed by atoms with Gasteiger partial charge in [0, 0.05) is 22.0 Å². The Morgan fingerprint density at radius 2 is 1.94 bits per heavy atom. The number of carbonyl (C=O) groups excluding carboxylic acids is 1. The van der Waals surface area contributed by atoms with Crippen LogP contribution >= 0.6 is 23.8 Å². The summed E-state index contributed by atoms with van der Waals surface area (Å²) in [5.74, 6) is -0.456. The molecule has 0 unspecified atom stereocenters. The van der Waals surface area contributed by atoms with Crippen LogP contribution in [0.4, 0.5) is 15.8 Å². The van der Waals surface area contributed by atoms with Gasteiger partial charge in [-0.2, -0.15) is 0 Å². The van der Waals surface area contributed by atoms with E-state index < -0.39 is 23.5 Å². The third kappa shape index (κ3) is 3.63. The van der Waals surface area contributed by atoms with E-state index in [4.69, 9.17) is 33.3 Å². The molecule has 3 atom stereocenters. The SMILES string of the molecule is COc1cccc2c1O[C@]1(C)[C@H](C(=O)Nc3ccc(Cl)cc3)[C@@H]2NC(=S)N1c1cccc(F)c1. The number of fused-ring (bicyclic) bond motifs is 4. The van der Waals surface area contributed by atoms with Gasteiger partial charge in [0.1, 0.15) is 11.7 Å². The molecule has 0 aliphatic carbocycles. The van der Waals surface area contributed by atoms with Gasteiger partial charge < -0.3 is 20.1 Å². The molecule has 0 aromatic heterocycles. The molecular weight excluding hydrogens is 477 g/mol. The van der Waals surface area contributed by atoms with E-state index in [2.05, 4.69) is 10.6 Å². The standard InChI is InChI=1S/C25H21ClFN3O3S/c1-25-20(23(31)28-16-11-9-14(26)10-12-16)21(18-7-4-8-19(32-2)22(18)33-25)29-24(34)30(25)17-6-3-5-15(27)13-17/h3-13,20-21H,1-2H3,(H,28,31)(H,29,34)/t20-,21+,25+/m0/s1. The zero-order valence-corrected chi connectivity index (χ0v) is 19.9. The third-order valence-corrected chi connectivity index (χ3v) is 6.72. The van der Waals surface area contributed by atoms with Gasteiger partial charge >= 0.3 is 0 Å². The lowest BCUT2D eigenvalue weighted by atomic mass is 9.78. The van der Waals surface area contributed by atoms with E-state index in [1.54, 1.807) is 61.4 Å². The van der Waals surface area contributed by atoms with Crippen molar-refractivity contribution in [3.05, 3.63) is 83.1 Å². The number of hydrogen-bond donors (Lipinski definition) is 2. The molecule has 1 amide bonds. The summed E-state index contributed by atoms with van der Waals surface area (Å²) in [7, 11) is 1.55. The van der Waals surface area contributed by atoms with Gasteiger partial charge in [0.2, 0.25) is 5.91 Å². The molecular formula is C25H21ClFN3O3S. The Hall–Kier alpha value is -3.36. The van der Waals surface area contributed by atoms with Crippen molar-refractivity contribution in [2.45, 2.75) is 18.7 Å². The van der Waals surface area contributed by atoms with Gasteiger partial charge in [0.15, 0.2) is 22.3 Å². The molecule has 0 saturated carbocycles. The highest BCUT2D eigenvalue weighted by Gasteiger charge is 2.59. The number of methoxy groups -OCH3 is 1. The lowest BCUT2D eigenvalue weighted by molar-refractivity contribution is -0.130. The number of amides is 1. The number of nitrogens with zero attached hydrogens (tertiary/aromatic N) is 1. The molecule has 0 spiro atoms. The van der Waals surface area contributed by atoms with E-state index in [1.807, 2.05) is 12.1 Å². The molecule has 0 radical (unpaired) electrons. The number of rotatable bonds is 4. The van der Waals surface area contributed by atoms with Crippen LogP contribution in [0, 0.1) is 11.7 Å². The number of carbonyl (C=O) groups is 1. The summed E-state index contributed by atoms with van der Waals surface area (Å²) in [6.45, 7) is 1.78. The van der Waals surface area contributed by atoms with E-state index in [-0.39, 0.29) is 5.91 Å². The first-order valence-corrected chi connectivity index (χ1v) is 11.4. The smallest absolute Gasteiger partial charge is 0.236 e. The van der Waals surface area contributed by atoms with E-state index >= 15 is 0 Å². The lowest BCUT2D eigenvalue weighted by Crippen LogP contribution is -2.72. The number of halogens is 2. The van der Waals surface area contributed by atoms with Crippen LogP contribution < -0.4 is 25.0 Å². The number of benzene rings is 3. The first-order valence-electron chi connectivity index (χ1n) is 10.6. The summed E-state index contributed by atoms with van der Waals surface area (Å²) in [6.07, 6.45) is 0. The molecule has 2 heterocycles. The number of hydrogen-bond acceptors (Lipinski definition) is 4. The minimum atomic E-state index is -1.29. The maximum Gasteiger partial charge on any atom is 0.236 e.